The Morgan fingerprint density at radius 2 is 2.50 bits per heavy atom. The molecule has 46 valence electrons. The van der Waals surface area contributed by atoms with E-state index >= 15 is 0 Å². The van der Waals surface area contributed by atoms with Gasteiger partial charge in [0.05, 0.1) is 0 Å². The van der Waals surface area contributed by atoms with Crippen molar-refractivity contribution in [3.05, 3.63) is 12.2 Å². The molecule has 0 rings (SSSR count). The zero-order chi connectivity index (χ0) is 6.41. The first-order valence-corrected chi connectivity index (χ1v) is 2.20. The lowest BCUT2D eigenvalue weighted by atomic mass is 10.6. The summed E-state index contributed by atoms with van der Waals surface area (Å²) in [6, 6.07) is 0. The number of carbonyl (C=O) groups excluding carboxylic acids is 1. The predicted octanol–water partition coefficient (Wildman–Crippen LogP) is 1.67. The molecular weight excluding hydrogens is 111 g/mol. The maximum atomic E-state index is 11.1. The Morgan fingerprint density at radius 3 is 2.88 bits per heavy atom. The number of carbonyl (C=O) groups is 1. The monoisotopic (exact) mass is 118 g/mol. The van der Waals surface area contributed by atoms with Crippen LogP contribution in [-0.4, -0.2) is 12.8 Å². The predicted molar refractivity (Wildman–Crippen MR) is 27.3 cm³/mol. The highest BCUT2D eigenvalue weighted by Crippen LogP contribution is 1.81. The molecule has 0 aliphatic heterocycles. The smallest absolute Gasteiger partial charge is 0.436 e. The van der Waals surface area contributed by atoms with Crippen LogP contribution in [0.1, 0.15) is 6.92 Å². The Kier molecular flexibility index (Phi) is 3.84. The quantitative estimate of drug-likeness (QED) is 0.407. The van der Waals surface area contributed by atoms with Crippen molar-refractivity contribution in [3.8, 4) is 0 Å². The number of hydrogen-bond acceptors (Lipinski definition) is 2. The van der Waals surface area contributed by atoms with E-state index in [-0.39, 0.29) is 6.61 Å². The van der Waals surface area contributed by atoms with Gasteiger partial charge in [0.15, 0.2) is 0 Å². The topological polar surface area (TPSA) is 26.3 Å². The fraction of sp³-hybridized carbons (Fsp3) is 0.400. The molecule has 0 aromatic rings. The molecule has 0 unspecified atom stereocenters. The van der Waals surface area contributed by atoms with Gasteiger partial charge in [-0.05, 0) is 6.92 Å². The molecule has 0 aromatic carbocycles. The Labute approximate surface area is 47.0 Å². The lowest BCUT2D eigenvalue weighted by molar-refractivity contribution is 0.132. The van der Waals surface area contributed by atoms with Crippen molar-refractivity contribution < 1.29 is 13.9 Å². The summed E-state index contributed by atoms with van der Waals surface area (Å²) in [5.41, 5.74) is 0. The van der Waals surface area contributed by atoms with Crippen LogP contribution in [0.25, 0.3) is 0 Å². The van der Waals surface area contributed by atoms with Crippen molar-refractivity contribution in [1.29, 1.82) is 0 Å². The van der Waals surface area contributed by atoms with E-state index < -0.39 is 6.22 Å². The minimum Gasteiger partial charge on any atom is -0.436 e. The fourth-order valence-corrected chi connectivity index (χ4v) is 0.210. The maximum absolute atomic E-state index is 11.1. The molecule has 0 fully saturated rings. The van der Waals surface area contributed by atoms with E-state index in [0.717, 1.165) is 0 Å². The minimum atomic E-state index is -1.73. The average molecular weight is 118 g/mol. The molecule has 8 heavy (non-hydrogen) atoms. The van der Waals surface area contributed by atoms with Crippen LogP contribution < -0.4 is 0 Å². The van der Waals surface area contributed by atoms with E-state index in [1.165, 1.54) is 6.08 Å². The highest BCUT2D eigenvalue weighted by atomic mass is 19.1. The van der Waals surface area contributed by atoms with Crippen LogP contribution in [0.15, 0.2) is 12.2 Å². The van der Waals surface area contributed by atoms with E-state index in [0.29, 0.717) is 0 Å². The summed E-state index contributed by atoms with van der Waals surface area (Å²) in [6.45, 7) is 1.78. The van der Waals surface area contributed by atoms with Gasteiger partial charge in [-0.3, -0.25) is 0 Å². The van der Waals surface area contributed by atoms with Crippen LogP contribution in [0, 0.1) is 0 Å². The van der Waals surface area contributed by atoms with Gasteiger partial charge in [0.25, 0.3) is 0 Å². The molecule has 0 N–H and O–H groups in total. The average Bonchev–Trinajstić information content (AvgIpc) is 1.66. The third-order valence-corrected chi connectivity index (χ3v) is 0.529. The molecule has 0 saturated carbocycles. The SMILES string of the molecule is C/C=C/COC(=O)F. The van der Waals surface area contributed by atoms with E-state index in [2.05, 4.69) is 4.74 Å². The number of allylic oxidation sites excluding steroid dienone is 1. The molecule has 0 aliphatic rings. The zero-order valence-corrected chi connectivity index (χ0v) is 4.56. The highest BCUT2D eigenvalue weighted by molar-refractivity contribution is 5.58. The van der Waals surface area contributed by atoms with Crippen LogP contribution in [0.2, 0.25) is 0 Å². The first-order valence-electron chi connectivity index (χ1n) is 2.20. The van der Waals surface area contributed by atoms with Gasteiger partial charge in [-0.2, -0.15) is 0 Å². The van der Waals surface area contributed by atoms with Gasteiger partial charge < -0.3 is 4.74 Å². The van der Waals surface area contributed by atoms with Crippen LogP contribution in [0.4, 0.5) is 9.18 Å². The Hall–Kier alpha value is -0.860. The van der Waals surface area contributed by atoms with Crippen LogP contribution in [0.3, 0.4) is 0 Å². The van der Waals surface area contributed by atoms with Crippen LogP contribution in [0.5, 0.6) is 0 Å². The summed E-state index contributed by atoms with van der Waals surface area (Å²) < 4.78 is 15.0. The van der Waals surface area contributed by atoms with Gasteiger partial charge in [-0.1, -0.05) is 12.2 Å². The molecule has 0 saturated heterocycles. The molecule has 0 radical (unpaired) electrons. The normalized spacial score (nSPS) is 9.75. The second-order valence-electron chi connectivity index (χ2n) is 1.12. The number of halogens is 1. The summed E-state index contributed by atoms with van der Waals surface area (Å²) in [4.78, 5) is 9.40. The number of hydrogen-bond donors (Lipinski definition) is 0. The number of ether oxygens (including phenoxy) is 1. The van der Waals surface area contributed by atoms with Crippen molar-refractivity contribution in [1.82, 2.24) is 0 Å². The second-order valence-corrected chi connectivity index (χ2v) is 1.12. The molecule has 0 aromatic heterocycles. The van der Waals surface area contributed by atoms with E-state index in [9.17, 15) is 9.18 Å². The lowest BCUT2D eigenvalue weighted by Crippen LogP contribution is -1.92. The molecule has 2 nitrogen and oxygen atoms in total. The molecule has 0 amide bonds. The first-order chi connectivity index (χ1) is 3.77. The largest absolute Gasteiger partial charge is 0.495 e. The molecule has 0 spiro atoms. The molecule has 0 atom stereocenters. The summed E-state index contributed by atoms with van der Waals surface area (Å²) in [6.07, 6.45) is 1.48. The minimum absolute atomic E-state index is 0.0197. The van der Waals surface area contributed by atoms with Crippen molar-refractivity contribution in [2.45, 2.75) is 6.92 Å². The first kappa shape index (κ1) is 7.14. The van der Waals surface area contributed by atoms with E-state index in [4.69, 9.17) is 0 Å². The van der Waals surface area contributed by atoms with Crippen molar-refractivity contribution in [2.75, 3.05) is 6.61 Å². The lowest BCUT2D eigenvalue weighted by Gasteiger charge is -1.88. The van der Waals surface area contributed by atoms with Gasteiger partial charge in [0.1, 0.15) is 6.61 Å². The Balaban J connectivity index is 3.05. The van der Waals surface area contributed by atoms with Gasteiger partial charge >= 0.3 is 6.22 Å². The molecular formula is C5H7FO2. The summed E-state index contributed by atoms with van der Waals surface area (Å²) in [5, 5.41) is 0. The highest BCUT2D eigenvalue weighted by Gasteiger charge is 1.90. The summed E-state index contributed by atoms with van der Waals surface area (Å²) in [7, 11) is 0. The van der Waals surface area contributed by atoms with E-state index in [1.807, 2.05) is 0 Å². The molecule has 0 bridgehead atoms. The van der Waals surface area contributed by atoms with Crippen molar-refractivity contribution >= 4 is 6.22 Å². The van der Waals surface area contributed by atoms with Gasteiger partial charge in [0, 0.05) is 0 Å². The number of rotatable bonds is 2. The summed E-state index contributed by atoms with van der Waals surface area (Å²) in [5.74, 6) is 0. The second kappa shape index (κ2) is 4.30. The van der Waals surface area contributed by atoms with Crippen LogP contribution in [-0.2, 0) is 4.74 Å². The van der Waals surface area contributed by atoms with Gasteiger partial charge in [-0.15, -0.1) is 4.39 Å². The Bertz CT molecular complexity index is 98.6. The van der Waals surface area contributed by atoms with Crippen LogP contribution >= 0.6 is 0 Å². The molecule has 0 aliphatic carbocycles. The molecule has 0 heterocycles. The Morgan fingerprint density at radius 1 is 1.88 bits per heavy atom. The fourth-order valence-electron chi connectivity index (χ4n) is 0.210. The van der Waals surface area contributed by atoms with Gasteiger partial charge in [0.2, 0.25) is 0 Å². The van der Waals surface area contributed by atoms with Gasteiger partial charge in [-0.25, -0.2) is 4.79 Å². The van der Waals surface area contributed by atoms with Crippen molar-refractivity contribution in [2.24, 2.45) is 0 Å². The summed E-state index contributed by atoms with van der Waals surface area (Å²) >= 11 is 0. The van der Waals surface area contributed by atoms with Crippen molar-refractivity contribution in [3.63, 3.8) is 0 Å². The third-order valence-electron chi connectivity index (χ3n) is 0.529. The maximum Gasteiger partial charge on any atom is 0.495 e. The standard InChI is InChI=1S/C5H7FO2/c1-2-3-4-8-5(6)7/h2-3H,4H2,1H3/b3-2+. The third kappa shape index (κ3) is 5.14. The molecule has 3 heteroatoms. The van der Waals surface area contributed by atoms with E-state index in [1.54, 1.807) is 13.0 Å². The zero-order valence-electron chi connectivity index (χ0n) is 4.56.